The molecule has 0 atom stereocenters. The average Bonchev–Trinajstić information content (AvgIpc) is 3.07. The van der Waals surface area contributed by atoms with Gasteiger partial charge in [-0.1, -0.05) is 18.2 Å². The number of ether oxygens (including phenoxy) is 2. The van der Waals surface area contributed by atoms with Crippen molar-refractivity contribution in [2.75, 3.05) is 19.8 Å². The zero-order chi connectivity index (χ0) is 18.1. The lowest BCUT2D eigenvalue weighted by atomic mass is 9.93. The molecule has 1 fully saturated rings. The van der Waals surface area contributed by atoms with Crippen molar-refractivity contribution < 1.29 is 14.3 Å². The molecule has 1 spiro atoms. The standard InChI is InChI=1S/C20H25N3O3/c1-15(2)23-13-17(11-21-23)19(24)22-12-16-5-3-4-6-18(16)26-20(14-22)7-9-25-10-8-20/h3-6,11,13,15H,7-10,12,14H2,1-2H3. The molecular weight excluding hydrogens is 330 g/mol. The van der Waals surface area contributed by atoms with E-state index in [0.717, 1.165) is 24.2 Å². The van der Waals surface area contributed by atoms with E-state index >= 15 is 0 Å². The van der Waals surface area contributed by atoms with E-state index in [1.54, 1.807) is 6.20 Å². The van der Waals surface area contributed by atoms with Gasteiger partial charge in [0.15, 0.2) is 0 Å². The molecule has 0 radical (unpaired) electrons. The van der Waals surface area contributed by atoms with E-state index in [4.69, 9.17) is 9.47 Å². The van der Waals surface area contributed by atoms with E-state index in [1.165, 1.54) is 0 Å². The maximum absolute atomic E-state index is 13.2. The highest BCUT2D eigenvalue weighted by Crippen LogP contribution is 2.35. The smallest absolute Gasteiger partial charge is 0.257 e. The van der Waals surface area contributed by atoms with Crippen LogP contribution in [0.15, 0.2) is 36.7 Å². The Morgan fingerprint density at radius 3 is 2.73 bits per heavy atom. The molecule has 6 heteroatoms. The van der Waals surface area contributed by atoms with E-state index in [1.807, 2.05) is 53.9 Å². The van der Waals surface area contributed by atoms with Crippen LogP contribution in [0.25, 0.3) is 0 Å². The van der Waals surface area contributed by atoms with Gasteiger partial charge in [0.25, 0.3) is 5.91 Å². The van der Waals surface area contributed by atoms with E-state index in [-0.39, 0.29) is 17.6 Å². The third kappa shape index (κ3) is 3.21. The van der Waals surface area contributed by atoms with E-state index < -0.39 is 0 Å². The summed E-state index contributed by atoms with van der Waals surface area (Å²) in [6, 6.07) is 8.23. The van der Waals surface area contributed by atoms with E-state index in [0.29, 0.717) is 31.9 Å². The van der Waals surface area contributed by atoms with Gasteiger partial charge in [0.2, 0.25) is 0 Å². The van der Waals surface area contributed by atoms with E-state index in [9.17, 15) is 4.79 Å². The summed E-state index contributed by atoms with van der Waals surface area (Å²) < 4.78 is 13.8. The average molecular weight is 355 g/mol. The van der Waals surface area contributed by atoms with Crippen LogP contribution in [0.1, 0.15) is 48.7 Å². The first-order chi connectivity index (χ1) is 12.6. The summed E-state index contributed by atoms with van der Waals surface area (Å²) in [5.74, 6) is 0.880. The number of para-hydroxylation sites is 1. The van der Waals surface area contributed by atoms with Gasteiger partial charge in [-0.2, -0.15) is 5.10 Å². The third-order valence-corrected chi connectivity index (χ3v) is 5.21. The fraction of sp³-hybridized carbons (Fsp3) is 0.500. The first-order valence-corrected chi connectivity index (χ1v) is 9.24. The fourth-order valence-electron chi connectivity index (χ4n) is 3.67. The third-order valence-electron chi connectivity index (χ3n) is 5.21. The molecule has 2 aliphatic rings. The molecule has 3 heterocycles. The van der Waals surface area contributed by atoms with Crippen LogP contribution in [0, 0.1) is 0 Å². The molecule has 1 saturated heterocycles. The molecular formula is C20H25N3O3. The Bertz CT molecular complexity index is 793. The van der Waals surface area contributed by atoms with Crippen LogP contribution in [-0.4, -0.2) is 45.9 Å². The zero-order valence-corrected chi connectivity index (χ0v) is 15.4. The number of fused-ring (bicyclic) bond motifs is 1. The van der Waals surface area contributed by atoms with Crippen LogP contribution in [0.5, 0.6) is 5.75 Å². The number of aromatic nitrogens is 2. The summed E-state index contributed by atoms with van der Waals surface area (Å²) in [6.07, 6.45) is 5.07. The number of carbonyl (C=O) groups excluding carboxylic acids is 1. The molecule has 6 nitrogen and oxygen atoms in total. The number of hydrogen-bond donors (Lipinski definition) is 0. The second-order valence-electron chi connectivity index (χ2n) is 7.47. The van der Waals surface area contributed by atoms with Crippen molar-refractivity contribution in [1.82, 2.24) is 14.7 Å². The molecule has 0 bridgehead atoms. The molecule has 2 aliphatic heterocycles. The highest BCUT2D eigenvalue weighted by Gasteiger charge is 2.41. The van der Waals surface area contributed by atoms with Gasteiger partial charge in [0.05, 0.1) is 31.5 Å². The van der Waals surface area contributed by atoms with Crippen LogP contribution >= 0.6 is 0 Å². The summed E-state index contributed by atoms with van der Waals surface area (Å²) in [6.45, 7) is 6.54. The summed E-state index contributed by atoms with van der Waals surface area (Å²) in [5.41, 5.74) is 1.29. The second kappa shape index (κ2) is 6.76. The van der Waals surface area contributed by atoms with Gasteiger partial charge >= 0.3 is 0 Å². The predicted octanol–water partition coefficient (Wildman–Crippen LogP) is 3.05. The Balaban J connectivity index is 1.66. The van der Waals surface area contributed by atoms with Gasteiger partial charge in [-0.25, -0.2) is 0 Å². The highest BCUT2D eigenvalue weighted by molar-refractivity contribution is 5.93. The normalized spacial score (nSPS) is 19.1. The van der Waals surface area contributed by atoms with E-state index in [2.05, 4.69) is 5.10 Å². The maximum Gasteiger partial charge on any atom is 0.257 e. The van der Waals surface area contributed by atoms with Crippen LogP contribution in [-0.2, 0) is 11.3 Å². The van der Waals surface area contributed by atoms with Crippen molar-refractivity contribution in [3.63, 3.8) is 0 Å². The van der Waals surface area contributed by atoms with Crippen LogP contribution < -0.4 is 4.74 Å². The number of hydrogen-bond acceptors (Lipinski definition) is 4. The minimum atomic E-state index is -0.380. The molecule has 1 aromatic carbocycles. The summed E-state index contributed by atoms with van der Waals surface area (Å²) in [7, 11) is 0. The van der Waals surface area contributed by atoms with Gasteiger partial charge in [0.1, 0.15) is 11.4 Å². The summed E-state index contributed by atoms with van der Waals surface area (Å²) >= 11 is 0. The first-order valence-electron chi connectivity index (χ1n) is 9.24. The summed E-state index contributed by atoms with van der Waals surface area (Å²) in [4.78, 5) is 15.1. The minimum Gasteiger partial charge on any atom is -0.485 e. The van der Waals surface area contributed by atoms with Crippen molar-refractivity contribution in [2.45, 2.75) is 44.9 Å². The molecule has 2 aromatic rings. The number of nitrogens with zero attached hydrogens (tertiary/aromatic N) is 3. The topological polar surface area (TPSA) is 56.6 Å². The molecule has 0 N–H and O–H groups in total. The molecule has 138 valence electrons. The number of benzene rings is 1. The minimum absolute atomic E-state index is 0.00284. The Kier molecular flexibility index (Phi) is 4.44. The maximum atomic E-state index is 13.2. The number of carbonyl (C=O) groups is 1. The van der Waals surface area contributed by atoms with Crippen molar-refractivity contribution in [2.24, 2.45) is 0 Å². The predicted molar refractivity (Wildman–Crippen MR) is 97.2 cm³/mol. The van der Waals surface area contributed by atoms with Crippen molar-refractivity contribution in [3.8, 4) is 5.75 Å². The second-order valence-corrected chi connectivity index (χ2v) is 7.47. The highest BCUT2D eigenvalue weighted by atomic mass is 16.5. The van der Waals surface area contributed by atoms with Gasteiger partial charge in [0, 0.05) is 37.2 Å². The Labute approximate surface area is 153 Å². The van der Waals surface area contributed by atoms with Gasteiger partial charge in [-0.05, 0) is 19.9 Å². The lowest BCUT2D eigenvalue weighted by Crippen LogP contribution is -2.50. The van der Waals surface area contributed by atoms with Crippen molar-refractivity contribution in [3.05, 3.63) is 47.8 Å². The summed E-state index contributed by atoms with van der Waals surface area (Å²) in [5, 5.41) is 4.32. The first kappa shape index (κ1) is 17.1. The molecule has 4 rings (SSSR count). The largest absolute Gasteiger partial charge is 0.485 e. The fourth-order valence-corrected chi connectivity index (χ4v) is 3.67. The Morgan fingerprint density at radius 1 is 1.23 bits per heavy atom. The number of amides is 1. The Hall–Kier alpha value is -2.34. The van der Waals surface area contributed by atoms with Crippen LogP contribution in [0.3, 0.4) is 0 Å². The lowest BCUT2D eigenvalue weighted by Gasteiger charge is -2.38. The zero-order valence-electron chi connectivity index (χ0n) is 15.4. The molecule has 0 aliphatic carbocycles. The monoisotopic (exact) mass is 355 g/mol. The lowest BCUT2D eigenvalue weighted by molar-refractivity contribution is -0.0550. The molecule has 1 aromatic heterocycles. The van der Waals surface area contributed by atoms with Gasteiger partial charge in [-0.15, -0.1) is 0 Å². The SMILES string of the molecule is CC(C)n1cc(C(=O)N2Cc3ccccc3OC3(CCOCC3)C2)cn1. The van der Waals surface area contributed by atoms with Gasteiger partial charge < -0.3 is 14.4 Å². The van der Waals surface area contributed by atoms with Crippen molar-refractivity contribution in [1.29, 1.82) is 0 Å². The molecule has 0 unspecified atom stereocenters. The quantitative estimate of drug-likeness (QED) is 0.831. The van der Waals surface area contributed by atoms with Crippen LogP contribution in [0.2, 0.25) is 0 Å². The molecule has 26 heavy (non-hydrogen) atoms. The molecule has 0 saturated carbocycles. The Morgan fingerprint density at radius 2 is 2.00 bits per heavy atom. The van der Waals surface area contributed by atoms with Crippen LogP contribution in [0.4, 0.5) is 0 Å². The number of rotatable bonds is 2. The van der Waals surface area contributed by atoms with Gasteiger partial charge in [-0.3, -0.25) is 9.48 Å². The van der Waals surface area contributed by atoms with Crippen molar-refractivity contribution >= 4 is 5.91 Å². The molecule has 1 amide bonds.